The summed E-state index contributed by atoms with van der Waals surface area (Å²) in [4.78, 5) is 14.9. The van der Waals surface area contributed by atoms with Crippen LogP contribution in [0.25, 0.3) is 0 Å². The molecule has 2 aromatic rings. The lowest BCUT2D eigenvalue weighted by atomic mass is 9.94. The number of carbonyl (C=O) groups is 1. The molecule has 2 fully saturated rings. The Labute approximate surface area is 147 Å². The molecule has 2 aliphatic rings. The number of hydrogen-bond donors (Lipinski definition) is 1. The molecule has 0 spiro atoms. The summed E-state index contributed by atoms with van der Waals surface area (Å²) in [6, 6.07) is 10.0. The van der Waals surface area contributed by atoms with E-state index in [1.165, 1.54) is 5.56 Å². The molecule has 1 saturated heterocycles. The Kier molecular flexibility index (Phi) is 4.09. The fourth-order valence-electron chi connectivity index (χ4n) is 3.88. The molecular weight excluding hydrogens is 322 g/mol. The van der Waals surface area contributed by atoms with Gasteiger partial charge in [0.25, 0.3) is 0 Å². The number of benzene rings is 1. The summed E-state index contributed by atoms with van der Waals surface area (Å²) in [5.74, 6) is 1.13. The maximum absolute atomic E-state index is 12.9. The Morgan fingerprint density at radius 2 is 2.25 bits per heavy atom. The number of nitrogens with one attached hydrogen (secondary N) is 1. The second-order valence-corrected chi connectivity index (χ2v) is 7.54. The van der Waals surface area contributed by atoms with Crippen LogP contribution in [0, 0.1) is 12.8 Å². The summed E-state index contributed by atoms with van der Waals surface area (Å²) in [6.45, 7) is 3.68. The molecule has 2 heterocycles. The van der Waals surface area contributed by atoms with Gasteiger partial charge < -0.3 is 4.90 Å². The molecular formula is C19H22ClN3O. The van der Waals surface area contributed by atoms with E-state index >= 15 is 0 Å². The van der Waals surface area contributed by atoms with Gasteiger partial charge in [0.2, 0.25) is 5.91 Å². The van der Waals surface area contributed by atoms with Gasteiger partial charge in [0.05, 0.1) is 5.69 Å². The van der Waals surface area contributed by atoms with Crippen molar-refractivity contribution >= 4 is 17.5 Å². The molecule has 3 atom stereocenters. The molecule has 1 aliphatic carbocycles. The normalized spacial score (nSPS) is 26.4. The van der Waals surface area contributed by atoms with Crippen LogP contribution in [0.5, 0.6) is 0 Å². The molecule has 1 saturated carbocycles. The summed E-state index contributed by atoms with van der Waals surface area (Å²) in [5.41, 5.74) is 3.36. The largest absolute Gasteiger partial charge is 0.342 e. The topological polar surface area (TPSA) is 49.0 Å². The summed E-state index contributed by atoms with van der Waals surface area (Å²) >= 11 is 6.08. The predicted molar refractivity (Wildman–Crippen MR) is 94.2 cm³/mol. The highest BCUT2D eigenvalue weighted by Crippen LogP contribution is 2.49. The van der Waals surface area contributed by atoms with Crippen molar-refractivity contribution < 1.29 is 4.79 Å². The number of H-pyrrole nitrogens is 1. The second-order valence-electron chi connectivity index (χ2n) is 7.10. The summed E-state index contributed by atoms with van der Waals surface area (Å²) in [7, 11) is 0. The van der Waals surface area contributed by atoms with Gasteiger partial charge in [0.1, 0.15) is 0 Å². The first-order valence-electron chi connectivity index (χ1n) is 8.68. The highest BCUT2D eigenvalue weighted by molar-refractivity contribution is 6.30. The van der Waals surface area contributed by atoms with Crippen molar-refractivity contribution in [2.24, 2.45) is 5.92 Å². The standard InChI is InChI=1S/C19H22ClN3O/c1-12-8-18(22-21-12)14-5-3-7-23(11-14)19(24)17-10-16(17)13-4-2-6-15(20)9-13/h2,4,6,8-9,14,16-17H,3,5,7,10-11H2,1H3,(H,21,22)/t14-,16-,17+/m1/s1. The van der Waals surface area contributed by atoms with E-state index in [0.29, 0.717) is 17.7 Å². The second kappa shape index (κ2) is 6.25. The van der Waals surface area contributed by atoms with Gasteiger partial charge in [-0.3, -0.25) is 9.89 Å². The number of halogens is 1. The SMILES string of the molecule is Cc1cc([C@@H]2CCCN(C(=O)[C@H]3C[C@@H]3c3cccc(Cl)c3)C2)n[nH]1. The van der Waals surface area contributed by atoms with E-state index in [1.807, 2.05) is 30.0 Å². The first kappa shape index (κ1) is 15.7. The van der Waals surface area contributed by atoms with E-state index in [-0.39, 0.29) is 5.92 Å². The Morgan fingerprint density at radius 3 is 3.00 bits per heavy atom. The minimum absolute atomic E-state index is 0.128. The highest BCUT2D eigenvalue weighted by atomic mass is 35.5. The van der Waals surface area contributed by atoms with Crippen LogP contribution < -0.4 is 0 Å². The Morgan fingerprint density at radius 1 is 1.38 bits per heavy atom. The molecule has 1 aliphatic heterocycles. The monoisotopic (exact) mass is 343 g/mol. The number of nitrogens with zero attached hydrogens (tertiary/aromatic N) is 2. The summed E-state index contributed by atoms with van der Waals surface area (Å²) in [5, 5.41) is 8.15. The van der Waals surface area contributed by atoms with Crippen molar-refractivity contribution in [2.75, 3.05) is 13.1 Å². The molecule has 4 rings (SSSR count). The third kappa shape index (κ3) is 3.07. The number of amides is 1. The average molecular weight is 344 g/mol. The Hall–Kier alpha value is -1.81. The molecule has 1 amide bonds. The maximum atomic E-state index is 12.9. The molecule has 0 radical (unpaired) electrons. The summed E-state index contributed by atoms with van der Waals surface area (Å²) in [6.07, 6.45) is 3.11. The van der Waals surface area contributed by atoms with Crippen LogP contribution in [0.4, 0.5) is 0 Å². The Balaban J connectivity index is 1.42. The summed E-state index contributed by atoms with van der Waals surface area (Å²) < 4.78 is 0. The average Bonchev–Trinajstić information content (AvgIpc) is 3.28. The number of aromatic nitrogens is 2. The number of hydrogen-bond acceptors (Lipinski definition) is 2. The lowest BCUT2D eigenvalue weighted by Crippen LogP contribution is -2.40. The van der Waals surface area contributed by atoms with Crippen molar-refractivity contribution in [3.8, 4) is 0 Å². The molecule has 126 valence electrons. The zero-order chi connectivity index (χ0) is 16.7. The number of aryl methyl sites for hydroxylation is 1. The van der Waals surface area contributed by atoms with Gasteiger partial charge in [-0.1, -0.05) is 23.7 Å². The first-order valence-corrected chi connectivity index (χ1v) is 9.06. The third-order valence-electron chi connectivity index (χ3n) is 5.26. The van der Waals surface area contributed by atoms with Crippen molar-refractivity contribution in [1.82, 2.24) is 15.1 Å². The van der Waals surface area contributed by atoms with Crippen molar-refractivity contribution in [2.45, 2.75) is 38.0 Å². The van der Waals surface area contributed by atoms with Crippen LogP contribution in [0.2, 0.25) is 5.02 Å². The zero-order valence-electron chi connectivity index (χ0n) is 13.8. The fourth-order valence-corrected chi connectivity index (χ4v) is 4.07. The van der Waals surface area contributed by atoms with Crippen LogP contribution in [-0.4, -0.2) is 34.1 Å². The van der Waals surface area contributed by atoms with Crippen LogP contribution in [0.15, 0.2) is 30.3 Å². The Bertz CT molecular complexity index is 757. The van der Waals surface area contributed by atoms with E-state index in [9.17, 15) is 4.79 Å². The van der Waals surface area contributed by atoms with Gasteiger partial charge in [-0.05, 0) is 55.9 Å². The molecule has 0 bridgehead atoms. The molecule has 0 unspecified atom stereocenters. The van der Waals surface area contributed by atoms with Gasteiger partial charge in [0.15, 0.2) is 0 Å². The molecule has 1 aromatic carbocycles. The van der Waals surface area contributed by atoms with E-state index in [2.05, 4.69) is 22.3 Å². The van der Waals surface area contributed by atoms with E-state index < -0.39 is 0 Å². The quantitative estimate of drug-likeness (QED) is 0.919. The van der Waals surface area contributed by atoms with Crippen molar-refractivity contribution in [1.29, 1.82) is 0 Å². The van der Waals surface area contributed by atoms with Crippen molar-refractivity contribution in [3.05, 3.63) is 52.3 Å². The van der Waals surface area contributed by atoms with E-state index in [4.69, 9.17) is 11.6 Å². The third-order valence-corrected chi connectivity index (χ3v) is 5.50. The lowest BCUT2D eigenvalue weighted by Gasteiger charge is -2.32. The number of likely N-dealkylation sites (tertiary alicyclic amines) is 1. The van der Waals surface area contributed by atoms with Gasteiger partial charge in [-0.2, -0.15) is 5.10 Å². The van der Waals surface area contributed by atoms with Crippen LogP contribution >= 0.6 is 11.6 Å². The molecule has 5 heteroatoms. The molecule has 1 N–H and O–H groups in total. The van der Waals surface area contributed by atoms with Gasteiger partial charge in [-0.15, -0.1) is 0 Å². The predicted octanol–water partition coefficient (Wildman–Crippen LogP) is 3.88. The number of piperidine rings is 1. The molecule has 1 aromatic heterocycles. The van der Waals surface area contributed by atoms with E-state index in [1.54, 1.807) is 0 Å². The van der Waals surface area contributed by atoms with Crippen LogP contribution in [0.1, 0.15) is 48.0 Å². The molecule has 24 heavy (non-hydrogen) atoms. The minimum atomic E-state index is 0.128. The zero-order valence-corrected chi connectivity index (χ0v) is 14.6. The van der Waals surface area contributed by atoms with Crippen LogP contribution in [-0.2, 0) is 4.79 Å². The number of aromatic amines is 1. The maximum Gasteiger partial charge on any atom is 0.226 e. The number of rotatable bonds is 3. The van der Waals surface area contributed by atoms with Crippen LogP contribution in [0.3, 0.4) is 0 Å². The number of carbonyl (C=O) groups excluding carboxylic acids is 1. The molecule has 4 nitrogen and oxygen atoms in total. The highest BCUT2D eigenvalue weighted by Gasteiger charge is 2.46. The van der Waals surface area contributed by atoms with Gasteiger partial charge in [0, 0.05) is 35.6 Å². The van der Waals surface area contributed by atoms with Gasteiger partial charge >= 0.3 is 0 Å². The van der Waals surface area contributed by atoms with Crippen molar-refractivity contribution in [3.63, 3.8) is 0 Å². The lowest BCUT2D eigenvalue weighted by molar-refractivity contribution is -0.133. The fraction of sp³-hybridized carbons (Fsp3) is 0.474. The first-order chi connectivity index (χ1) is 11.6. The minimum Gasteiger partial charge on any atom is -0.342 e. The van der Waals surface area contributed by atoms with E-state index in [0.717, 1.165) is 48.8 Å². The smallest absolute Gasteiger partial charge is 0.226 e. The van der Waals surface area contributed by atoms with Gasteiger partial charge in [-0.25, -0.2) is 0 Å².